The van der Waals surface area contributed by atoms with E-state index in [1.807, 2.05) is 13.8 Å². The predicted octanol–water partition coefficient (Wildman–Crippen LogP) is 1.10. The molecule has 0 spiro atoms. The first-order valence-electron chi connectivity index (χ1n) is 4.67. The average Bonchev–Trinajstić information content (AvgIpc) is 2.15. The lowest BCUT2D eigenvalue weighted by Gasteiger charge is -2.09. The Morgan fingerprint density at radius 2 is 2.00 bits per heavy atom. The molecule has 0 aromatic carbocycles. The monoisotopic (exact) mass is 174 g/mol. The second-order valence-electron chi connectivity index (χ2n) is 2.29. The van der Waals surface area contributed by atoms with Gasteiger partial charge in [0.25, 0.3) is 0 Å². The van der Waals surface area contributed by atoms with Crippen molar-refractivity contribution in [1.82, 2.24) is 10.2 Å². The van der Waals surface area contributed by atoms with Crippen molar-refractivity contribution in [2.45, 2.75) is 27.2 Å². The summed E-state index contributed by atoms with van der Waals surface area (Å²) in [5.41, 5.74) is 0. The van der Waals surface area contributed by atoms with Gasteiger partial charge in [-0.15, -0.1) is 0 Å². The molecule has 0 saturated carbocycles. The van der Waals surface area contributed by atoms with Gasteiger partial charge in [-0.05, 0) is 19.5 Å². The van der Waals surface area contributed by atoms with Gasteiger partial charge in [0.2, 0.25) is 6.41 Å². The van der Waals surface area contributed by atoms with E-state index >= 15 is 0 Å². The lowest BCUT2D eigenvalue weighted by molar-refractivity contribution is -0.117. The largest absolute Gasteiger partial charge is 0.348 e. The Kier molecular flexibility index (Phi) is 15.2. The Hall–Kier alpha value is -0.570. The van der Waals surface area contributed by atoms with Crippen LogP contribution in [0.4, 0.5) is 0 Å². The summed E-state index contributed by atoms with van der Waals surface area (Å²) < 4.78 is 0. The van der Waals surface area contributed by atoms with Gasteiger partial charge < -0.3 is 10.2 Å². The van der Waals surface area contributed by atoms with Crippen LogP contribution in [0, 0.1) is 0 Å². The minimum Gasteiger partial charge on any atom is -0.348 e. The third kappa shape index (κ3) is 12.1. The van der Waals surface area contributed by atoms with Crippen LogP contribution in [0.3, 0.4) is 0 Å². The Morgan fingerprint density at radius 1 is 1.42 bits per heavy atom. The van der Waals surface area contributed by atoms with Gasteiger partial charge >= 0.3 is 0 Å². The topological polar surface area (TPSA) is 32.3 Å². The summed E-state index contributed by atoms with van der Waals surface area (Å²) in [6, 6.07) is 0. The molecule has 3 heteroatoms. The number of carbonyl (C=O) groups excluding carboxylic acids is 1. The molecule has 0 aliphatic heterocycles. The zero-order valence-corrected chi connectivity index (χ0v) is 8.76. The molecule has 0 radical (unpaired) electrons. The first kappa shape index (κ1) is 14.0. The molecule has 0 atom stereocenters. The van der Waals surface area contributed by atoms with Crippen molar-refractivity contribution in [3.63, 3.8) is 0 Å². The van der Waals surface area contributed by atoms with Crippen molar-refractivity contribution in [1.29, 1.82) is 0 Å². The molecule has 3 nitrogen and oxygen atoms in total. The van der Waals surface area contributed by atoms with Crippen LogP contribution in [0.5, 0.6) is 0 Å². The molecule has 0 unspecified atom stereocenters. The molecule has 12 heavy (non-hydrogen) atoms. The second kappa shape index (κ2) is 13.1. The summed E-state index contributed by atoms with van der Waals surface area (Å²) in [7, 11) is 1.79. The standard InChI is InChI=1S/C7H16N2O.C2H6/c1-3-8-5-4-6-9(2)7-10;1-2/h7-8H,3-6H2,1-2H3;1-2H3. The van der Waals surface area contributed by atoms with Gasteiger partial charge in [-0.25, -0.2) is 0 Å². The van der Waals surface area contributed by atoms with E-state index in [0.29, 0.717) is 0 Å². The average molecular weight is 174 g/mol. The van der Waals surface area contributed by atoms with Crippen LogP contribution in [-0.2, 0) is 4.79 Å². The normalized spacial score (nSPS) is 8.33. The minimum absolute atomic E-state index is 0.844. The predicted molar refractivity (Wildman–Crippen MR) is 53.2 cm³/mol. The van der Waals surface area contributed by atoms with Gasteiger partial charge in [-0.3, -0.25) is 4.79 Å². The number of rotatable bonds is 6. The van der Waals surface area contributed by atoms with Crippen molar-refractivity contribution in [2.24, 2.45) is 0 Å². The summed E-state index contributed by atoms with van der Waals surface area (Å²) >= 11 is 0. The lowest BCUT2D eigenvalue weighted by atomic mass is 10.4. The number of amides is 1. The third-order valence-corrected chi connectivity index (χ3v) is 1.29. The Labute approximate surface area is 76.1 Å². The lowest BCUT2D eigenvalue weighted by Crippen LogP contribution is -2.22. The van der Waals surface area contributed by atoms with Crippen molar-refractivity contribution in [3.8, 4) is 0 Å². The summed E-state index contributed by atoms with van der Waals surface area (Å²) in [5.74, 6) is 0. The van der Waals surface area contributed by atoms with Crippen LogP contribution >= 0.6 is 0 Å². The molecule has 0 aromatic heterocycles. The number of nitrogens with one attached hydrogen (secondary N) is 1. The smallest absolute Gasteiger partial charge is 0.209 e. The van der Waals surface area contributed by atoms with Crippen molar-refractivity contribution in [3.05, 3.63) is 0 Å². The molecule has 74 valence electrons. The molecule has 0 rings (SSSR count). The molecule has 0 heterocycles. The molecule has 0 bridgehead atoms. The molecule has 0 aliphatic rings. The van der Waals surface area contributed by atoms with Crippen molar-refractivity contribution >= 4 is 6.41 Å². The third-order valence-electron chi connectivity index (χ3n) is 1.29. The highest BCUT2D eigenvalue weighted by Gasteiger charge is 1.90. The highest BCUT2D eigenvalue weighted by Crippen LogP contribution is 1.80. The van der Waals surface area contributed by atoms with Crippen molar-refractivity contribution < 1.29 is 4.79 Å². The maximum atomic E-state index is 10.1. The van der Waals surface area contributed by atoms with Crippen LogP contribution < -0.4 is 5.32 Å². The number of nitrogens with zero attached hydrogens (tertiary/aromatic N) is 1. The quantitative estimate of drug-likeness (QED) is 0.483. The van der Waals surface area contributed by atoms with Gasteiger partial charge in [-0.2, -0.15) is 0 Å². The summed E-state index contributed by atoms with van der Waals surface area (Å²) in [6.45, 7) is 8.92. The Morgan fingerprint density at radius 3 is 2.42 bits per heavy atom. The van der Waals surface area contributed by atoms with Crippen molar-refractivity contribution in [2.75, 3.05) is 26.7 Å². The zero-order chi connectivity index (χ0) is 9.82. The van der Waals surface area contributed by atoms with Gasteiger partial charge in [0.15, 0.2) is 0 Å². The first-order valence-corrected chi connectivity index (χ1v) is 4.67. The molecule has 1 N–H and O–H groups in total. The molecular formula is C9H22N2O. The molecule has 0 aliphatic carbocycles. The molecule has 0 fully saturated rings. The fraction of sp³-hybridized carbons (Fsp3) is 0.889. The Balaban J connectivity index is 0. The van der Waals surface area contributed by atoms with Gasteiger partial charge in [0.1, 0.15) is 0 Å². The van der Waals surface area contributed by atoms with E-state index in [9.17, 15) is 4.79 Å². The van der Waals surface area contributed by atoms with Crippen LogP contribution in [0.15, 0.2) is 0 Å². The highest BCUT2D eigenvalue weighted by atomic mass is 16.1. The molecule has 0 aromatic rings. The molecule has 1 amide bonds. The second-order valence-corrected chi connectivity index (χ2v) is 2.29. The molecular weight excluding hydrogens is 152 g/mol. The van der Waals surface area contributed by atoms with Crippen LogP contribution in [0.1, 0.15) is 27.2 Å². The SMILES string of the molecule is CC.CCNCCCN(C)C=O. The minimum atomic E-state index is 0.844. The van der Waals surface area contributed by atoms with Crippen LogP contribution in [0.25, 0.3) is 0 Å². The summed E-state index contributed by atoms with van der Waals surface area (Å²) in [4.78, 5) is 11.7. The van der Waals surface area contributed by atoms with Gasteiger partial charge in [-0.1, -0.05) is 20.8 Å². The van der Waals surface area contributed by atoms with Gasteiger partial charge in [0, 0.05) is 13.6 Å². The molecule has 0 saturated heterocycles. The van der Waals surface area contributed by atoms with Crippen LogP contribution in [0.2, 0.25) is 0 Å². The zero-order valence-electron chi connectivity index (χ0n) is 8.76. The van der Waals surface area contributed by atoms with E-state index in [1.165, 1.54) is 0 Å². The van der Waals surface area contributed by atoms with E-state index in [2.05, 4.69) is 12.2 Å². The number of carbonyl (C=O) groups is 1. The number of hydrogen-bond acceptors (Lipinski definition) is 2. The van der Waals surface area contributed by atoms with Gasteiger partial charge in [0.05, 0.1) is 0 Å². The maximum Gasteiger partial charge on any atom is 0.209 e. The van der Waals surface area contributed by atoms with E-state index in [-0.39, 0.29) is 0 Å². The summed E-state index contributed by atoms with van der Waals surface area (Å²) in [5, 5.41) is 3.19. The Bertz CT molecular complexity index is 86.6. The van der Waals surface area contributed by atoms with Crippen LogP contribution in [-0.4, -0.2) is 38.0 Å². The first-order chi connectivity index (χ1) is 5.81. The highest BCUT2D eigenvalue weighted by molar-refractivity contribution is 5.46. The van der Waals surface area contributed by atoms with E-state index in [1.54, 1.807) is 11.9 Å². The summed E-state index contributed by atoms with van der Waals surface area (Å²) in [6.07, 6.45) is 1.88. The van der Waals surface area contributed by atoms with E-state index in [0.717, 1.165) is 32.5 Å². The fourth-order valence-corrected chi connectivity index (χ4v) is 0.683. The number of hydrogen-bond donors (Lipinski definition) is 1. The fourth-order valence-electron chi connectivity index (χ4n) is 0.683. The van der Waals surface area contributed by atoms with E-state index in [4.69, 9.17) is 0 Å². The maximum absolute atomic E-state index is 10.1. The van der Waals surface area contributed by atoms with E-state index < -0.39 is 0 Å².